The Morgan fingerprint density at radius 3 is 2.55 bits per heavy atom. The molecule has 1 amide bonds. The summed E-state index contributed by atoms with van der Waals surface area (Å²) in [6.45, 7) is 1.44. The van der Waals surface area contributed by atoms with Crippen molar-refractivity contribution in [2.45, 2.75) is 6.61 Å². The highest BCUT2D eigenvalue weighted by Gasteiger charge is 2.52. The first-order chi connectivity index (χ1) is 14.9. The number of anilines is 1. The first-order valence-corrected chi connectivity index (χ1v) is 11.4. The topological polar surface area (TPSA) is 87.7 Å². The molecule has 31 heavy (non-hydrogen) atoms. The highest BCUT2D eigenvalue weighted by molar-refractivity contribution is 7.92. The van der Waals surface area contributed by atoms with Crippen LogP contribution in [0.3, 0.4) is 0 Å². The van der Waals surface area contributed by atoms with Crippen LogP contribution >= 0.6 is 0 Å². The average Bonchev–Trinajstić information content (AvgIpc) is 3.05. The summed E-state index contributed by atoms with van der Waals surface area (Å²) in [4.78, 5) is 11.7. The van der Waals surface area contributed by atoms with Gasteiger partial charge in [0.15, 0.2) is 5.82 Å². The zero-order valence-electron chi connectivity index (χ0n) is 16.5. The molecule has 0 radical (unpaired) electrons. The van der Waals surface area contributed by atoms with Crippen molar-refractivity contribution < 1.29 is 22.3 Å². The van der Waals surface area contributed by atoms with Gasteiger partial charge in [0.25, 0.3) is 5.91 Å². The van der Waals surface area contributed by atoms with Crippen LogP contribution in [0.1, 0.15) is 11.1 Å². The van der Waals surface area contributed by atoms with Crippen LogP contribution in [0.4, 0.5) is 10.1 Å². The van der Waals surface area contributed by atoms with Crippen LogP contribution in [0, 0.1) is 35.4 Å². The van der Waals surface area contributed by atoms with E-state index in [1.54, 1.807) is 0 Å². The first-order valence-electron chi connectivity index (χ1n) is 9.99. The molecule has 1 aliphatic carbocycles. The van der Waals surface area contributed by atoms with E-state index in [0.717, 1.165) is 18.7 Å². The molecular formula is C22H20FN3O4S. The lowest BCUT2D eigenvalue weighted by atomic mass is 10.1. The normalized spacial score (nSPS) is 25.4. The second-order valence-electron chi connectivity index (χ2n) is 7.87. The Labute approximate surface area is 179 Å². The standard InChI is InChI=1S/C22H20FN3O4S/c23-21-15(6-8-16-17-10-24-11-18(16)17)7-9-19(30-13-14-4-2-1-3-5-14)22(21)26-12-20(27)25-31(26,28)29/h1-5,7,9,16-18,24H,10-13H2,(H,25,27). The Balaban J connectivity index is 1.49. The Hall–Kier alpha value is -3.09. The van der Waals surface area contributed by atoms with Crippen LogP contribution in [0.25, 0.3) is 0 Å². The van der Waals surface area contributed by atoms with Gasteiger partial charge in [-0.25, -0.2) is 13.4 Å². The molecule has 1 saturated carbocycles. The van der Waals surface area contributed by atoms with Gasteiger partial charge in [-0.15, -0.1) is 0 Å². The van der Waals surface area contributed by atoms with Gasteiger partial charge in [0.1, 0.15) is 24.6 Å². The number of benzene rings is 2. The van der Waals surface area contributed by atoms with E-state index in [9.17, 15) is 13.2 Å². The number of halogens is 1. The van der Waals surface area contributed by atoms with Gasteiger partial charge in [0, 0.05) is 5.92 Å². The second kappa shape index (κ2) is 7.55. The maximum atomic E-state index is 15.5. The number of amides is 1. The molecule has 0 aromatic heterocycles. The molecule has 2 aliphatic heterocycles. The predicted molar refractivity (Wildman–Crippen MR) is 112 cm³/mol. The van der Waals surface area contributed by atoms with Crippen molar-refractivity contribution in [1.29, 1.82) is 0 Å². The lowest BCUT2D eigenvalue weighted by Crippen LogP contribution is -2.30. The minimum atomic E-state index is -4.21. The molecule has 2 N–H and O–H groups in total. The third kappa shape index (κ3) is 3.73. The summed E-state index contributed by atoms with van der Waals surface area (Å²) in [5, 5.41) is 3.29. The summed E-state index contributed by atoms with van der Waals surface area (Å²) in [5.41, 5.74) is 0.610. The van der Waals surface area contributed by atoms with Gasteiger partial charge in [-0.3, -0.25) is 4.79 Å². The molecular weight excluding hydrogens is 421 g/mol. The minimum absolute atomic E-state index is 0.0273. The third-order valence-corrected chi connectivity index (χ3v) is 7.23. The maximum Gasteiger partial charge on any atom is 0.326 e. The molecule has 2 atom stereocenters. The van der Waals surface area contributed by atoms with E-state index in [-0.39, 0.29) is 29.5 Å². The van der Waals surface area contributed by atoms with Crippen molar-refractivity contribution in [1.82, 2.24) is 10.0 Å². The highest BCUT2D eigenvalue weighted by Crippen LogP contribution is 2.48. The molecule has 160 valence electrons. The number of carbonyl (C=O) groups excluding carboxylic acids is 1. The van der Waals surface area contributed by atoms with E-state index in [4.69, 9.17) is 4.74 Å². The van der Waals surface area contributed by atoms with Gasteiger partial charge in [-0.05, 0) is 42.6 Å². The van der Waals surface area contributed by atoms with Crippen LogP contribution in [0.2, 0.25) is 0 Å². The van der Waals surface area contributed by atoms with Crippen molar-refractivity contribution in [2.75, 3.05) is 23.9 Å². The molecule has 0 spiro atoms. The Morgan fingerprint density at radius 2 is 1.87 bits per heavy atom. The van der Waals surface area contributed by atoms with E-state index < -0.39 is 28.5 Å². The van der Waals surface area contributed by atoms with Gasteiger partial charge in [0.05, 0.1) is 5.56 Å². The fourth-order valence-electron chi connectivity index (χ4n) is 4.17. The summed E-state index contributed by atoms with van der Waals surface area (Å²) in [6.07, 6.45) is 0. The molecule has 2 aromatic carbocycles. The Morgan fingerprint density at radius 1 is 1.13 bits per heavy atom. The SMILES string of the molecule is O=C1CN(c2c(OCc3ccccc3)ccc(C#CC3C4CNCC34)c2F)S(=O)(=O)N1. The number of fused-ring (bicyclic) bond motifs is 1. The van der Waals surface area contributed by atoms with E-state index in [1.165, 1.54) is 12.1 Å². The van der Waals surface area contributed by atoms with Gasteiger partial charge in [-0.2, -0.15) is 8.42 Å². The number of hydrogen-bond donors (Lipinski definition) is 2. The van der Waals surface area contributed by atoms with Crippen LogP contribution in [-0.2, 0) is 21.6 Å². The van der Waals surface area contributed by atoms with E-state index >= 15 is 4.39 Å². The molecule has 9 heteroatoms. The van der Waals surface area contributed by atoms with Crippen molar-refractivity contribution in [3.05, 3.63) is 59.4 Å². The third-order valence-electron chi connectivity index (χ3n) is 5.85. The molecule has 2 aromatic rings. The molecule has 2 heterocycles. The van der Waals surface area contributed by atoms with Crippen molar-refractivity contribution in [2.24, 2.45) is 17.8 Å². The molecule has 2 saturated heterocycles. The van der Waals surface area contributed by atoms with Crippen molar-refractivity contribution in [3.63, 3.8) is 0 Å². The smallest absolute Gasteiger partial charge is 0.326 e. The Kier molecular flexibility index (Phi) is 4.84. The van der Waals surface area contributed by atoms with Crippen LogP contribution in [-0.4, -0.2) is 34.0 Å². The van der Waals surface area contributed by atoms with Crippen LogP contribution in [0.5, 0.6) is 5.75 Å². The van der Waals surface area contributed by atoms with Gasteiger partial charge >= 0.3 is 10.2 Å². The maximum absolute atomic E-state index is 15.5. The number of nitrogens with zero attached hydrogens (tertiary/aromatic N) is 1. The second-order valence-corrected chi connectivity index (χ2v) is 9.46. The molecule has 7 nitrogen and oxygen atoms in total. The average molecular weight is 441 g/mol. The fourth-order valence-corrected chi connectivity index (χ4v) is 5.33. The molecule has 3 aliphatic rings. The van der Waals surface area contributed by atoms with Crippen molar-refractivity contribution >= 4 is 21.8 Å². The number of carbonyl (C=O) groups is 1. The van der Waals surface area contributed by atoms with E-state index in [0.29, 0.717) is 16.1 Å². The largest absolute Gasteiger partial charge is 0.487 e. The van der Waals surface area contributed by atoms with E-state index in [1.807, 2.05) is 35.1 Å². The zero-order chi connectivity index (χ0) is 21.6. The number of nitrogens with one attached hydrogen (secondary N) is 2. The monoisotopic (exact) mass is 441 g/mol. The van der Waals surface area contributed by atoms with Crippen molar-refractivity contribution in [3.8, 4) is 17.6 Å². The fraction of sp³-hybridized carbons (Fsp3) is 0.318. The van der Waals surface area contributed by atoms with E-state index in [2.05, 4.69) is 17.2 Å². The van der Waals surface area contributed by atoms with Gasteiger partial charge in [-0.1, -0.05) is 42.2 Å². The first kappa shape index (κ1) is 19.8. The number of hydrogen-bond acceptors (Lipinski definition) is 5. The lowest BCUT2D eigenvalue weighted by Gasteiger charge is -2.20. The minimum Gasteiger partial charge on any atom is -0.487 e. The molecule has 3 fully saturated rings. The number of rotatable bonds is 4. The molecule has 2 unspecified atom stereocenters. The highest BCUT2D eigenvalue weighted by atomic mass is 32.2. The number of piperidine rings is 1. The van der Waals surface area contributed by atoms with Crippen LogP contribution < -0.4 is 19.1 Å². The summed E-state index contributed by atoms with van der Waals surface area (Å²) in [7, 11) is -4.21. The van der Waals surface area contributed by atoms with Gasteiger partial charge in [0.2, 0.25) is 0 Å². The lowest BCUT2D eigenvalue weighted by molar-refractivity contribution is -0.117. The summed E-state index contributed by atoms with van der Waals surface area (Å²) < 4.78 is 48.6. The summed E-state index contributed by atoms with van der Waals surface area (Å²) in [6, 6.07) is 12.2. The van der Waals surface area contributed by atoms with Crippen LogP contribution in [0.15, 0.2) is 42.5 Å². The predicted octanol–water partition coefficient (Wildman–Crippen LogP) is 1.40. The summed E-state index contributed by atoms with van der Waals surface area (Å²) >= 11 is 0. The zero-order valence-corrected chi connectivity index (χ0v) is 17.3. The molecule has 0 bridgehead atoms. The quantitative estimate of drug-likeness (QED) is 0.701. The molecule has 5 rings (SSSR count). The van der Waals surface area contributed by atoms with Gasteiger partial charge < -0.3 is 10.1 Å². The Bertz CT molecular complexity index is 1200. The number of ether oxygens (including phenoxy) is 1. The summed E-state index contributed by atoms with van der Waals surface area (Å²) in [5.74, 6) is 5.71.